The molecule has 1 aliphatic rings. The van der Waals surface area contributed by atoms with Gasteiger partial charge in [-0.2, -0.15) is 0 Å². The minimum atomic E-state index is 0.0491. The van der Waals surface area contributed by atoms with Crippen LogP contribution in [0.5, 0.6) is 11.5 Å². The van der Waals surface area contributed by atoms with Gasteiger partial charge >= 0.3 is 0 Å². The van der Waals surface area contributed by atoms with E-state index < -0.39 is 0 Å². The van der Waals surface area contributed by atoms with Crippen LogP contribution in [0.15, 0.2) is 24.3 Å². The fourth-order valence-corrected chi connectivity index (χ4v) is 2.64. The summed E-state index contributed by atoms with van der Waals surface area (Å²) in [5, 5.41) is 0. The molecule has 0 aromatic heterocycles. The number of benzene rings is 1. The van der Waals surface area contributed by atoms with Crippen molar-refractivity contribution >= 4 is 5.91 Å². The molecule has 22 heavy (non-hydrogen) atoms. The van der Waals surface area contributed by atoms with E-state index in [9.17, 15) is 4.79 Å². The Morgan fingerprint density at radius 3 is 2.18 bits per heavy atom. The second-order valence-electron chi connectivity index (χ2n) is 7.11. The van der Waals surface area contributed by atoms with Crippen LogP contribution in [-0.2, 0) is 4.79 Å². The molecular weight excluding hydrogens is 278 g/mol. The van der Waals surface area contributed by atoms with Crippen LogP contribution in [0.1, 0.15) is 40.0 Å². The summed E-state index contributed by atoms with van der Waals surface area (Å²) in [4.78, 5) is 14.2. The number of hydrogen-bond donors (Lipinski definition) is 0. The van der Waals surface area contributed by atoms with Crippen molar-refractivity contribution in [2.75, 3.05) is 20.2 Å². The van der Waals surface area contributed by atoms with Crippen LogP contribution in [0.3, 0.4) is 0 Å². The highest BCUT2D eigenvalue weighted by molar-refractivity contribution is 5.76. The first-order valence-corrected chi connectivity index (χ1v) is 7.96. The molecule has 0 radical (unpaired) electrons. The second-order valence-corrected chi connectivity index (χ2v) is 7.11. The first kappa shape index (κ1) is 16.7. The summed E-state index contributed by atoms with van der Waals surface area (Å²) >= 11 is 0. The van der Waals surface area contributed by atoms with E-state index in [1.54, 1.807) is 7.11 Å². The molecule has 0 aliphatic carbocycles. The van der Waals surface area contributed by atoms with Crippen molar-refractivity contribution in [1.29, 1.82) is 0 Å². The van der Waals surface area contributed by atoms with Gasteiger partial charge in [0, 0.05) is 32.4 Å². The average Bonchev–Trinajstić information content (AvgIpc) is 2.47. The molecule has 1 saturated heterocycles. The Hall–Kier alpha value is -1.71. The molecular formula is C18H27NO3. The molecule has 122 valence electrons. The SMILES string of the molecule is COc1ccc(OC2CCN(C(=O)CC(C)(C)C)CC2)cc1. The molecule has 0 N–H and O–H groups in total. The van der Waals surface area contributed by atoms with E-state index in [4.69, 9.17) is 9.47 Å². The van der Waals surface area contributed by atoms with Gasteiger partial charge in [0.05, 0.1) is 7.11 Å². The van der Waals surface area contributed by atoms with Gasteiger partial charge in [-0.25, -0.2) is 0 Å². The Kier molecular flexibility index (Phi) is 5.33. The summed E-state index contributed by atoms with van der Waals surface area (Å²) in [5.74, 6) is 1.95. The van der Waals surface area contributed by atoms with Gasteiger partial charge in [0.25, 0.3) is 0 Å². The quantitative estimate of drug-likeness (QED) is 0.854. The molecule has 0 saturated carbocycles. The summed E-state index contributed by atoms with van der Waals surface area (Å²) in [5.41, 5.74) is 0.0491. The zero-order chi connectivity index (χ0) is 16.2. The summed E-state index contributed by atoms with van der Waals surface area (Å²) in [6, 6.07) is 7.65. The minimum absolute atomic E-state index is 0.0491. The molecule has 0 unspecified atom stereocenters. The Balaban J connectivity index is 1.80. The number of likely N-dealkylation sites (tertiary alicyclic amines) is 1. The predicted molar refractivity (Wildman–Crippen MR) is 87.3 cm³/mol. The molecule has 1 heterocycles. The van der Waals surface area contributed by atoms with Crippen molar-refractivity contribution in [3.05, 3.63) is 24.3 Å². The average molecular weight is 305 g/mol. The zero-order valence-corrected chi connectivity index (χ0v) is 14.1. The zero-order valence-electron chi connectivity index (χ0n) is 14.1. The fourth-order valence-electron chi connectivity index (χ4n) is 2.64. The number of carbonyl (C=O) groups is 1. The summed E-state index contributed by atoms with van der Waals surface area (Å²) in [6.45, 7) is 7.88. The predicted octanol–water partition coefficient (Wildman–Crippen LogP) is 3.50. The van der Waals surface area contributed by atoms with Crippen molar-refractivity contribution < 1.29 is 14.3 Å². The van der Waals surface area contributed by atoms with E-state index in [1.165, 1.54) is 0 Å². The van der Waals surface area contributed by atoms with Gasteiger partial charge < -0.3 is 14.4 Å². The van der Waals surface area contributed by atoms with Crippen molar-refractivity contribution in [2.24, 2.45) is 5.41 Å². The van der Waals surface area contributed by atoms with Gasteiger partial charge in [-0.3, -0.25) is 4.79 Å². The molecule has 4 heteroatoms. The highest BCUT2D eigenvalue weighted by Gasteiger charge is 2.26. The Morgan fingerprint density at radius 2 is 1.68 bits per heavy atom. The normalized spacial score (nSPS) is 16.5. The van der Waals surface area contributed by atoms with Crippen LogP contribution in [0.2, 0.25) is 0 Å². The topological polar surface area (TPSA) is 38.8 Å². The van der Waals surface area contributed by atoms with Crippen LogP contribution in [0, 0.1) is 5.41 Å². The van der Waals surface area contributed by atoms with Gasteiger partial charge in [0.15, 0.2) is 0 Å². The number of hydrogen-bond acceptors (Lipinski definition) is 3. The van der Waals surface area contributed by atoms with E-state index in [0.29, 0.717) is 6.42 Å². The minimum Gasteiger partial charge on any atom is -0.497 e. The molecule has 2 rings (SSSR count). The lowest BCUT2D eigenvalue weighted by Crippen LogP contribution is -2.42. The number of methoxy groups -OCH3 is 1. The van der Waals surface area contributed by atoms with Crippen molar-refractivity contribution in [2.45, 2.75) is 46.1 Å². The van der Waals surface area contributed by atoms with Gasteiger partial charge in [0.2, 0.25) is 5.91 Å². The second kappa shape index (κ2) is 7.03. The molecule has 0 atom stereocenters. The largest absolute Gasteiger partial charge is 0.497 e. The highest BCUT2D eigenvalue weighted by Crippen LogP contribution is 2.24. The summed E-state index contributed by atoms with van der Waals surface area (Å²) in [7, 11) is 1.65. The summed E-state index contributed by atoms with van der Waals surface area (Å²) in [6.07, 6.45) is 2.58. The van der Waals surface area contributed by atoms with Crippen molar-refractivity contribution in [3.8, 4) is 11.5 Å². The third kappa shape index (κ3) is 4.93. The molecule has 1 aromatic carbocycles. The highest BCUT2D eigenvalue weighted by atomic mass is 16.5. The Bertz CT molecular complexity index is 482. The molecule has 1 aliphatic heterocycles. The van der Waals surface area contributed by atoms with E-state index in [2.05, 4.69) is 20.8 Å². The van der Waals surface area contributed by atoms with Crippen LogP contribution in [0.4, 0.5) is 0 Å². The molecule has 1 amide bonds. The molecule has 1 aromatic rings. The maximum atomic E-state index is 12.2. The Labute approximate surface area is 133 Å². The maximum absolute atomic E-state index is 12.2. The van der Waals surface area contributed by atoms with E-state index >= 15 is 0 Å². The van der Waals surface area contributed by atoms with Crippen molar-refractivity contribution in [1.82, 2.24) is 4.90 Å². The first-order valence-electron chi connectivity index (χ1n) is 7.96. The number of rotatable bonds is 4. The van der Waals surface area contributed by atoms with Crippen LogP contribution < -0.4 is 9.47 Å². The lowest BCUT2D eigenvalue weighted by Gasteiger charge is -2.33. The fraction of sp³-hybridized carbons (Fsp3) is 0.611. The van der Waals surface area contributed by atoms with Gasteiger partial charge in [-0.15, -0.1) is 0 Å². The Morgan fingerprint density at radius 1 is 1.14 bits per heavy atom. The van der Waals surface area contributed by atoms with Crippen LogP contribution in [0.25, 0.3) is 0 Å². The standard InChI is InChI=1S/C18H27NO3/c1-18(2,3)13-17(20)19-11-9-16(10-12-19)22-15-7-5-14(21-4)6-8-15/h5-8,16H,9-13H2,1-4H3. The molecule has 0 spiro atoms. The lowest BCUT2D eigenvalue weighted by atomic mass is 9.91. The first-order chi connectivity index (χ1) is 10.4. The summed E-state index contributed by atoms with van der Waals surface area (Å²) < 4.78 is 11.1. The van der Waals surface area contributed by atoms with Crippen LogP contribution in [-0.4, -0.2) is 37.1 Å². The lowest BCUT2D eigenvalue weighted by molar-refractivity contribution is -0.134. The molecule has 4 nitrogen and oxygen atoms in total. The van der Waals surface area contributed by atoms with Gasteiger partial charge in [-0.05, 0) is 29.7 Å². The van der Waals surface area contributed by atoms with E-state index in [0.717, 1.165) is 37.4 Å². The third-order valence-corrected chi connectivity index (χ3v) is 3.84. The van der Waals surface area contributed by atoms with Crippen molar-refractivity contribution in [3.63, 3.8) is 0 Å². The number of carbonyl (C=O) groups excluding carboxylic acids is 1. The smallest absolute Gasteiger partial charge is 0.223 e. The number of piperidine rings is 1. The third-order valence-electron chi connectivity index (χ3n) is 3.84. The molecule has 1 fully saturated rings. The monoisotopic (exact) mass is 305 g/mol. The number of amides is 1. The molecule has 0 bridgehead atoms. The van der Waals surface area contributed by atoms with E-state index in [-0.39, 0.29) is 17.4 Å². The van der Waals surface area contributed by atoms with Gasteiger partial charge in [-0.1, -0.05) is 20.8 Å². The van der Waals surface area contributed by atoms with Crippen LogP contribution >= 0.6 is 0 Å². The maximum Gasteiger partial charge on any atom is 0.223 e. The number of nitrogens with zero attached hydrogens (tertiary/aromatic N) is 1. The van der Waals surface area contributed by atoms with E-state index in [1.807, 2.05) is 29.2 Å². The number of ether oxygens (including phenoxy) is 2. The van der Waals surface area contributed by atoms with Gasteiger partial charge in [0.1, 0.15) is 17.6 Å².